The van der Waals surface area contributed by atoms with Gasteiger partial charge in [0.15, 0.2) is 0 Å². The maximum atomic E-state index is 14.6. The number of hydrogen-bond acceptors (Lipinski definition) is 7. The van der Waals surface area contributed by atoms with Crippen molar-refractivity contribution in [3.63, 3.8) is 0 Å². The number of fused-ring (bicyclic) bond motifs is 8. The molecule has 0 aliphatic carbocycles. The van der Waals surface area contributed by atoms with Crippen molar-refractivity contribution in [2.45, 2.75) is 31.8 Å². The Kier molecular flexibility index (Phi) is 5.53. The Balaban J connectivity index is 1.51. The molecule has 3 aliphatic heterocycles. The Bertz CT molecular complexity index is 1850. The number of hydrogen-bond donors (Lipinski definition) is 1. The van der Waals surface area contributed by atoms with E-state index in [0.29, 0.717) is 28.8 Å². The number of esters is 1. The van der Waals surface area contributed by atoms with Crippen molar-refractivity contribution in [1.29, 1.82) is 0 Å². The quantitative estimate of drug-likeness (QED) is 0.307. The van der Waals surface area contributed by atoms with Crippen LogP contribution in [0.25, 0.3) is 16.6 Å². The van der Waals surface area contributed by atoms with Crippen LogP contribution in [0.3, 0.4) is 0 Å². The van der Waals surface area contributed by atoms with Gasteiger partial charge in [-0.25, -0.2) is 14.7 Å². The molecule has 3 aromatic carbocycles. The van der Waals surface area contributed by atoms with Crippen LogP contribution < -0.4 is 15.8 Å². The number of nitrogens with zero attached hydrogens (tertiary/aromatic N) is 3. The smallest absolute Gasteiger partial charge is 0.339 e. The van der Waals surface area contributed by atoms with Crippen LogP contribution in [-0.4, -0.2) is 40.5 Å². The molecule has 1 N–H and O–H groups in total. The number of amides is 2. The van der Waals surface area contributed by atoms with Crippen molar-refractivity contribution in [1.82, 2.24) is 14.9 Å². The first kappa shape index (κ1) is 25.3. The van der Waals surface area contributed by atoms with E-state index in [1.807, 2.05) is 30.3 Å². The van der Waals surface area contributed by atoms with E-state index in [-0.39, 0.29) is 34.7 Å². The molecule has 9 nitrogen and oxygen atoms in total. The molecule has 9 heteroatoms. The molecule has 2 fully saturated rings. The van der Waals surface area contributed by atoms with E-state index in [0.717, 1.165) is 10.5 Å². The van der Waals surface area contributed by atoms with E-state index in [1.165, 1.54) is 7.11 Å². The second-order valence-corrected chi connectivity index (χ2v) is 11.3. The van der Waals surface area contributed by atoms with Crippen molar-refractivity contribution < 1.29 is 19.1 Å². The van der Waals surface area contributed by atoms with Crippen molar-refractivity contribution in [3.05, 3.63) is 100 Å². The third kappa shape index (κ3) is 3.29. The topological polar surface area (TPSA) is 111 Å². The fourth-order valence-electron chi connectivity index (χ4n) is 7.12. The molecule has 0 bridgehead atoms. The van der Waals surface area contributed by atoms with Gasteiger partial charge in [-0.05, 0) is 42.7 Å². The number of nitrogens with one attached hydrogen (secondary N) is 1. The van der Waals surface area contributed by atoms with Crippen LogP contribution in [0, 0.1) is 17.8 Å². The van der Waals surface area contributed by atoms with Crippen LogP contribution in [0.1, 0.15) is 42.0 Å². The van der Waals surface area contributed by atoms with Crippen LogP contribution >= 0.6 is 0 Å². The fourth-order valence-corrected chi connectivity index (χ4v) is 7.12. The van der Waals surface area contributed by atoms with Gasteiger partial charge in [0.1, 0.15) is 11.4 Å². The normalized spacial score (nSPS) is 24.3. The van der Waals surface area contributed by atoms with Gasteiger partial charge in [0.2, 0.25) is 11.8 Å². The van der Waals surface area contributed by atoms with Crippen LogP contribution in [0.5, 0.6) is 0 Å². The molecule has 3 aliphatic rings. The molecular weight excluding hydrogens is 520 g/mol. The molecule has 206 valence electrons. The summed E-state index contributed by atoms with van der Waals surface area (Å²) in [5.41, 5.74) is 0.743. The van der Waals surface area contributed by atoms with Crippen molar-refractivity contribution in [2.75, 3.05) is 12.0 Å². The van der Waals surface area contributed by atoms with Crippen molar-refractivity contribution >= 4 is 34.4 Å². The summed E-state index contributed by atoms with van der Waals surface area (Å²) in [6.45, 7) is 4.14. The Hall–Kier alpha value is -4.63. The highest BCUT2D eigenvalue weighted by atomic mass is 16.5. The molecule has 7 rings (SSSR count). The summed E-state index contributed by atoms with van der Waals surface area (Å²) in [4.78, 5) is 61.7. The summed E-state index contributed by atoms with van der Waals surface area (Å²) >= 11 is 0. The number of methoxy groups -OCH3 is 1. The van der Waals surface area contributed by atoms with Gasteiger partial charge in [-0.1, -0.05) is 56.3 Å². The maximum Gasteiger partial charge on any atom is 0.339 e. The van der Waals surface area contributed by atoms with E-state index in [9.17, 15) is 19.2 Å². The maximum absolute atomic E-state index is 14.6. The molecule has 1 spiro atoms. The molecule has 1 aromatic heterocycles. The number of benzene rings is 3. The number of rotatable bonds is 4. The third-order valence-corrected chi connectivity index (χ3v) is 8.64. The third-order valence-electron chi connectivity index (χ3n) is 8.64. The average molecular weight is 549 g/mol. The summed E-state index contributed by atoms with van der Waals surface area (Å²) < 4.78 is 6.55. The first-order valence-corrected chi connectivity index (χ1v) is 13.7. The lowest BCUT2D eigenvalue weighted by atomic mass is 9.75. The summed E-state index contributed by atoms with van der Waals surface area (Å²) in [6.07, 6.45) is 0.619. The van der Waals surface area contributed by atoms with Crippen LogP contribution in [-0.2, 0) is 19.9 Å². The van der Waals surface area contributed by atoms with Gasteiger partial charge in [-0.2, -0.15) is 0 Å². The fraction of sp³-hybridized carbons (Fsp3) is 0.281. The first-order valence-electron chi connectivity index (χ1n) is 13.7. The Morgan fingerprint density at radius 3 is 2.39 bits per heavy atom. The number of imide groups is 1. The summed E-state index contributed by atoms with van der Waals surface area (Å²) in [7, 11) is 1.26. The molecule has 4 heterocycles. The second-order valence-electron chi connectivity index (χ2n) is 11.3. The monoisotopic (exact) mass is 548 g/mol. The van der Waals surface area contributed by atoms with E-state index in [1.54, 1.807) is 47.0 Å². The largest absolute Gasteiger partial charge is 0.465 e. The number of ether oxygens (including phenoxy) is 1. The van der Waals surface area contributed by atoms with Crippen LogP contribution in [0.4, 0.5) is 5.69 Å². The number of aromatic nitrogens is 2. The van der Waals surface area contributed by atoms with E-state index in [2.05, 4.69) is 19.2 Å². The molecule has 0 saturated carbocycles. The minimum atomic E-state index is -1.23. The Morgan fingerprint density at radius 2 is 1.63 bits per heavy atom. The van der Waals surface area contributed by atoms with Gasteiger partial charge in [0, 0.05) is 11.6 Å². The lowest BCUT2D eigenvalue weighted by molar-refractivity contribution is -0.123. The molecule has 0 radical (unpaired) electrons. The van der Waals surface area contributed by atoms with Crippen molar-refractivity contribution in [3.8, 4) is 5.69 Å². The highest BCUT2D eigenvalue weighted by molar-refractivity contribution is 6.25. The standard InChI is InChI=1S/C32H28N4O5/c1-17(2)16-22-25-26(29(39)35(28(25)38)23-14-8-5-11-19(23)30(40)41-3)32(34-22)20-12-6-9-15-24(20)36-27(37)18-10-4-7-13-21(18)33-31(32)36/h4-15,17,22,25-26,34H,16H2,1-3H3/t22-,25-,26-,32-/m1/s1. The zero-order valence-corrected chi connectivity index (χ0v) is 22.8. The Morgan fingerprint density at radius 1 is 0.951 bits per heavy atom. The van der Waals surface area contributed by atoms with E-state index < -0.39 is 29.3 Å². The predicted molar refractivity (Wildman–Crippen MR) is 152 cm³/mol. The van der Waals surface area contributed by atoms with Gasteiger partial charge in [0.05, 0.1) is 46.8 Å². The minimum Gasteiger partial charge on any atom is -0.465 e. The zero-order chi connectivity index (χ0) is 28.6. The average Bonchev–Trinajstić information content (AvgIpc) is 3.55. The lowest BCUT2D eigenvalue weighted by Crippen LogP contribution is -2.50. The number of anilines is 1. The summed E-state index contributed by atoms with van der Waals surface area (Å²) in [5.74, 6) is -2.49. The molecular formula is C32H28N4O5. The second kappa shape index (κ2) is 8.94. The molecule has 0 unspecified atom stereocenters. The van der Waals surface area contributed by atoms with Crippen LogP contribution in [0.15, 0.2) is 77.6 Å². The lowest BCUT2D eigenvalue weighted by Gasteiger charge is -2.32. The zero-order valence-electron chi connectivity index (χ0n) is 22.8. The number of carbonyl (C=O) groups excluding carboxylic acids is 3. The highest BCUT2D eigenvalue weighted by Gasteiger charge is 2.69. The Labute approximate surface area is 235 Å². The van der Waals surface area contributed by atoms with E-state index >= 15 is 0 Å². The SMILES string of the molecule is COC(=O)c1ccccc1N1C(=O)[C@@H]2[C@@H](CC(C)C)N[C@]3(c4ccccc4-n4c3nc3ccccc3c4=O)[C@H]2C1=O. The summed E-state index contributed by atoms with van der Waals surface area (Å²) in [5, 5.41) is 4.17. The first-order chi connectivity index (χ1) is 19.8. The molecule has 2 amide bonds. The predicted octanol–water partition coefficient (Wildman–Crippen LogP) is 3.55. The minimum absolute atomic E-state index is 0.131. The molecule has 2 saturated heterocycles. The highest BCUT2D eigenvalue weighted by Crippen LogP contribution is 2.56. The van der Waals surface area contributed by atoms with Crippen LogP contribution in [0.2, 0.25) is 0 Å². The van der Waals surface area contributed by atoms with Gasteiger partial charge >= 0.3 is 5.97 Å². The molecule has 41 heavy (non-hydrogen) atoms. The van der Waals surface area contributed by atoms with Gasteiger partial charge in [-0.3, -0.25) is 24.3 Å². The molecule has 4 aromatic rings. The van der Waals surface area contributed by atoms with Gasteiger partial charge in [0.25, 0.3) is 5.56 Å². The number of para-hydroxylation sites is 3. The van der Waals surface area contributed by atoms with Gasteiger partial charge < -0.3 is 4.74 Å². The molecule has 4 atom stereocenters. The van der Waals surface area contributed by atoms with Crippen molar-refractivity contribution in [2.24, 2.45) is 17.8 Å². The van der Waals surface area contributed by atoms with Gasteiger partial charge in [-0.15, -0.1) is 0 Å². The number of carbonyl (C=O) groups is 3. The van der Waals surface area contributed by atoms with E-state index in [4.69, 9.17) is 9.72 Å². The summed E-state index contributed by atoms with van der Waals surface area (Å²) in [6, 6.07) is 20.7.